The van der Waals surface area contributed by atoms with E-state index >= 15 is 0 Å². The van der Waals surface area contributed by atoms with Crippen LogP contribution in [0.25, 0.3) is 0 Å². The number of para-hydroxylation sites is 1. The number of carbonyl (C=O) groups excluding carboxylic acids is 1. The van der Waals surface area contributed by atoms with Gasteiger partial charge < -0.3 is 10.2 Å². The van der Waals surface area contributed by atoms with Gasteiger partial charge in [0.2, 0.25) is 0 Å². The number of hydrogen-bond acceptors (Lipinski definition) is 2. The fourth-order valence-electron chi connectivity index (χ4n) is 2.17. The molecule has 3 nitrogen and oxygen atoms in total. The van der Waals surface area contributed by atoms with E-state index in [-0.39, 0.29) is 18.3 Å². The molecule has 2 rings (SSSR count). The lowest BCUT2D eigenvalue weighted by Crippen LogP contribution is -2.27. The van der Waals surface area contributed by atoms with Gasteiger partial charge in [0, 0.05) is 31.4 Å². The molecule has 0 radical (unpaired) electrons. The Kier molecular flexibility index (Phi) is 4.93. The van der Waals surface area contributed by atoms with E-state index in [1.165, 1.54) is 11.0 Å². The van der Waals surface area contributed by atoms with Crippen LogP contribution < -0.4 is 5.32 Å². The normalized spacial score (nSPS) is 10.2. The van der Waals surface area contributed by atoms with E-state index in [1.54, 1.807) is 31.3 Å². The van der Waals surface area contributed by atoms with Crippen molar-refractivity contribution in [2.75, 3.05) is 18.9 Å². The van der Waals surface area contributed by atoms with E-state index in [0.717, 1.165) is 12.2 Å². The molecule has 0 heterocycles. The number of hydrogen-bond donors (Lipinski definition) is 1. The van der Waals surface area contributed by atoms with Crippen LogP contribution >= 0.6 is 0 Å². The number of benzene rings is 2. The summed E-state index contributed by atoms with van der Waals surface area (Å²) < 4.78 is 13.7. The van der Waals surface area contributed by atoms with Crippen molar-refractivity contribution in [3.63, 3.8) is 0 Å². The molecule has 4 heteroatoms. The maximum absolute atomic E-state index is 13.7. The molecular formula is C17H19FN2O. The monoisotopic (exact) mass is 286 g/mol. The number of carbonyl (C=O) groups is 1. The molecule has 0 atom stereocenters. The SMILES string of the molecule is CCNc1ccccc1C(=O)N(C)Cc1ccccc1F. The van der Waals surface area contributed by atoms with E-state index in [0.29, 0.717) is 11.1 Å². The Labute approximate surface area is 124 Å². The van der Waals surface area contributed by atoms with Gasteiger partial charge in [0.15, 0.2) is 0 Å². The van der Waals surface area contributed by atoms with Crippen LogP contribution in [0.4, 0.5) is 10.1 Å². The predicted molar refractivity (Wildman–Crippen MR) is 82.8 cm³/mol. The first-order valence-electron chi connectivity index (χ1n) is 6.95. The number of rotatable bonds is 5. The third-order valence-electron chi connectivity index (χ3n) is 3.24. The molecule has 0 saturated heterocycles. The van der Waals surface area contributed by atoms with Crippen LogP contribution in [0.1, 0.15) is 22.8 Å². The van der Waals surface area contributed by atoms with Crippen LogP contribution in [0.5, 0.6) is 0 Å². The van der Waals surface area contributed by atoms with Crippen LogP contribution in [-0.2, 0) is 6.54 Å². The molecule has 0 aliphatic carbocycles. The Morgan fingerprint density at radius 3 is 2.52 bits per heavy atom. The van der Waals surface area contributed by atoms with Crippen LogP contribution in [-0.4, -0.2) is 24.4 Å². The van der Waals surface area contributed by atoms with E-state index in [2.05, 4.69) is 5.32 Å². The molecule has 0 bridgehead atoms. The second-order valence-corrected chi connectivity index (χ2v) is 4.83. The zero-order valence-corrected chi connectivity index (χ0v) is 12.3. The minimum Gasteiger partial charge on any atom is -0.385 e. The van der Waals surface area contributed by atoms with Crippen molar-refractivity contribution < 1.29 is 9.18 Å². The van der Waals surface area contributed by atoms with Crippen molar-refractivity contribution in [2.24, 2.45) is 0 Å². The van der Waals surface area contributed by atoms with Crippen LogP contribution in [0.2, 0.25) is 0 Å². The topological polar surface area (TPSA) is 32.3 Å². The summed E-state index contributed by atoms with van der Waals surface area (Å²) in [4.78, 5) is 14.0. The van der Waals surface area contributed by atoms with Gasteiger partial charge in [0.05, 0.1) is 5.56 Å². The molecule has 0 fully saturated rings. The maximum atomic E-state index is 13.7. The Morgan fingerprint density at radius 1 is 1.14 bits per heavy atom. The number of amides is 1. The smallest absolute Gasteiger partial charge is 0.255 e. The number of anilines is 1. The molecule has 0 aliphatic rings. The largest absolute Gasteiger partial charge is 0.385 e. The highest BCUT2D eigenvalue weighted by atomic mass is 19.1. The Balaban J connectivity index is 2.18. The molecule has 0 spiro atoms. The van der Waals surface area contributed by atoms with Crippen LogP contribution in [0.15, 0.2) is 48.5 Å². The average Bonchev–Trinajstić information content (AvgIpc) is 2.50. The predicted octanol–water partition coefficient (Wildman–Crippen LogP) is 3.53. The lowest BCUT2D eigenvalue weighted by molar-refractivity contribution is 0.0785. The molecule has 110 valence electrons. The summed E-state index contributed by atoms with van der Waals surface area (Å²) in [7, 11) is 1.68. The molecule has 1 amide bonds. The molecule has 21 heavy (non-hydrogen) atoms. The molecule has 0 aliphatic heterocycles. The van der Waals surface area contributed by atoms with Gasteiger partial charge in [-0.05, 0) is 25.1 Å². The lowest BCUT2D eigenvalue weighted by atomic mass is 10.1. The highest BCUT2D eigenvalue weighted by molar-refractivity contribution is 5.99. The molecule has 2 aromatic carbocycles. The van der Waals surface area contributed by atoms with E-state index in [9.17, 15) is 9.18 Å². The van der Waals surface area contributed by atoms with Crippen LogP contribution in [0, 0.1) is 5.82 Å². The Morgan fingerprint density at radius 2 is 1.81 bits per heavy atom. The van der Waals surface area contributed by atoms with Gasteiger partial charge in [0.25, 0.3) is 5.91 Å². The average molecular weight is 286 g/mol. The number of halogens is 1. The van der Waals surface area contributed by atoms with E-state index in [4.69, 9.17) is 0 Å². The van der Waals surface area contributed by atoms with Gasteiger partial charge >= 0.3 is 0 Å². The van der Waals surface area contributed by atoms with Crippen molar-refractivity contribution in [1.29, 1.82) is 0 Å². The maximum Gasteiger partial charge on any atom is 0.255 e. The zero-order valence-electron chi connectivity index (χ0n) is 12.3. The molecule has 1 N–H and O–H groups in total. The van der Waals surface area contributed by atoms with Crippen LogP contribution in [0.3, 0.4) is 0 Å². The zero-order chi connectivity index (χ0) is 15.2. The standard InChI is InChI=1S/C17H19FN2O/c1-3-19-16-11-7-5-9-14(16)17(21)20(2)12-13-8-4-6-10-15(13)18/h4-11,19H,3,12H2,1-2H3. The highest BCUT2D eigenvalue weighted by Gasteiger charge is 2.16. The van der Waals surface area contributed by atoms with Crippen molar-refractivity contribution in [2.45, 2.75) is 13.5 Å². The van der Waals surface area contributed by atoms with Gasteiger partial charge in [-0.1, -0.05) is 30.3 Å². The first-order chi connectivity index (χ1) is 10.1. The summed E-state index contributed by atoms with van der Waals surface area (Å²) in [6.07, 6.45) is 0. The molecule has 2 aromatic rings. The quantitative estimate of drug-likeness (QED) is 0.912. The summed E-state index contributed by atoms with van der Waals surface area (Å²) >= 11 is 0. The second kappa shape index (κ2) is 6.88. The first kappa shape index (κ1) is 15.0. The first-order valence-corrected chi connectivity index (χ1v) is 6.95. The third kappa shape index (κ3) is 3.60. The number of nitrogens with zero attached hydrogens (tertiary/aromatic N) is 1. The Hall–Kier alpha value is -2.36. The van der Waals surface area contributed by atoms with Gasteiger partial charge in [-0.15, -0.1) is 0 Å². The van der Waals surface area contributed by atoms with Crippen molar-refractivity contribution in [3.05, 3.63) is 65.5 Å². The fraction of sp³-hybridized carbons (Fsp3) is 0.235. The van der Waals surface area contributed by atoms with Crippen molar-refractivity contribution >= 4 is 11.6 Å². The van der Waals surface area contributed by atoms with Gasteiger partial charge in [-0.3, -0.25) is 4.79 Å². The minimum absolute atomic E-state index is 0.130. The summed E-state index contributed by atoms with van der Waals surface area (Å²) in [5.41, 5.74) is 1.90. The molecule has 0 saturated carbocycles. The molecule has 0 aromatic heterocycles. The summed E-state index contributed by atoms with van der Waals surface area (Å²) in [5, 5.41) is 3.17. The van der Waals surface area contributed by atoms with Crippen molar-refractivity contribution in [1.82, 2.24) is 4.90 Å². The number of nitrogens with one attached hydrogen (secondary N) is 1. The summed E-state index contributed by atoms with van der Waals surface area (Å²) in [6, 6.07) is 13.8. The van der Waals surface area contributed by atoms with E-state index < -0.39 is 0 Å². The molecular weight excluding hydrogens is 267 g/mol. The van der Waals surface area contributed by atoms with Crippen molar-refractivity contribution in [3.8, 4) is 0 Å². The summed E-state index contributed by atoms with van der Waals surface area (Å²) in [6.45, 7) is 2.96. The molecule has 0 unspecified atom stereocenters. The minimum atomic E-state index is -0.294. The fourth-order valence-corrected chi connectivity index (χ4v) is 2.17. The lowest BCUT2D eigenvalue weighted by Gasteiger charge is -2.19. The van der Waals surface area contributed by atoms with Gasteiger partial charge in [0.1, 0.15) is 5.82 Å². The second-order valence-electron chi connectivity index (χ2n) is 4.83. The van der Waals surface area contributed by atoms with Gasteiger partial charge in [-0.25, -0.2) is 4.39 Å². The van der Waals surface area contributed by atoms with E-state index in [1.807, 2.05) is 25.1 Å². The third-order valence-corrected chi connectivity index (χ3v) is 3.24. The summed E-state index contributed by atoms with van der Waals surface area (Å²) in [5.74, 6) is -0.424. The Bertz CT molecular complexity index is 628. The van der Waals surface area contributed by atoms with Gasteiger partial charge in [-0.2, -0.15) is 0 Å². The highest BCUT2D eigenvalue weighted by Crippen LogP contribution is 2.18.